The van der Waals surface area contributed by atoms with Crippen LogP contribution in [0, 0.1) is 11.8 Å². The van der Waals surface area contributed by atoms with Crippen molar-refractivity contribution in [3.05, 3.63) is 0 Å². The summed E-state index contributed by atoms with van der Waals surface area (Å²) >= 11 is 0. The SMILES string of the molecule is CNC(=O)[C@@H](C)C(C)C. The smallest absolute Gasteiger partial charge is 0.222 e. The molecule has 2 heteroatoms. The normalized spacial score (nSPS) is 13.4. The number of carbonyl (C=O) groups excluding carboxylic acids is 1. The molecule has 0 radical (unpaired) electrons. The van der Waals surface area contributed by atoms with Gasteiger partial charge in [0.25, 0.3) is 0 Å². The first-order valence-electron chi connectivity index (χ1n) is 3.31. The first kappa shape index (κ1) is 8.47. The molecule has 0 saturated carbocycles. The molecule has 0 aliphatic carbocycles. The molecule has 0 rings (SSSR count). The van der Waals surface area contributed by atoms with Crippen LogP contribution >= 0.6 is 0 Å². The second-order valence-electron chi connectivity index (χ2n) is 2.65. The van der Waals surface area contributed by atoms with Crippen molar-refractivity contribution >= 4 is 5.91 Å². The van der Waals surface area contributed by atoms with E-state index in [-0.39, 0.29) is 11.8 Å². The average molecular weight is 129 g/mol. The van der Waals surface area contributed by atoms with Crippen molar-refractivity contribution in [3.63, 3.8) is 0 Å². The molecule has 54 valence electrons. The number of rotatable bonds is 2. The summed E-state index contributed by atoms with van der Waals surface area (Å²) in [4.78, 5) is 10.8. The topological polar surface area (TPSA) is 29.1 Å². The molecular weight excluding hydrogens is 114 g/mol. The zero-order valence-electron chi connectivity index (χ0n) is 6.56. The molecule has 0 aromatic rings. The van der Waals surface area contributed by atoms with Crippen molar-refractivity contribution in [2.75, 3.05) is 7.05 Å². The summed E-state index contributed by atoms with van der Waals surface area (Å²) in [5, 5.41) is 2.61. The van der Waals surface area contributed by atoms with Gasteiger partial charge in [-0.2, -0.15) is 0 Å². The fraction of sp³-hybridized carbons (Fsp3) is 0.857. The van der Waals surface area contributed by atoms with Crippen molar-refractivity contribution in [3.8, 4) is 0 Å². The molecule has 0 aromatic heterocycles. The van der Waals surface area contributed by atoms with Crippen LogP contribution in [-0.4, -0.2) is 13.0 Å². The molecule has 1 amide bonds. The fourth-order valence-corrected chi connectivity index (χ4v) is 0.530. The first-order chi connectivity index (χ1) is 4.09. The van der Waals surface area contributed by atoms with Gasteiger partial charge in [-0.15, -0.1) is 0 Å². The van der Waals surface area contributed by atoms with E-state index in [0.717, 1.165) is 0 Å². The van der Waals surface area contributed by atoms with Gasteiger partial charge < -0.3 is 5.32 Å². The van der Waals surface area contributed by atoms with E-state index in [2.05, 4.69) is 5.32 Å². The van der Waals surface area contributed by atoms with Gasteiger partial charge in [0.05, 0.1) is 0 Å². The highest BCUT2D eigenvalue weighted by atomic mass is 16.1. The van der Waals surface area contributed by atoms with Gasteiger partial charge >= 0.3 is 0 Å². The number of hydrogen-bond acceptors (Lipinski definition) is 1. The quantitative estimate of drug-likeness (QED) is 0.592. The van der Waals surface area contributed by atoms with Crippen LogP contribution in [0.1, 0.15) is 20.8 Å². The van der Waals surface area contributed by atoms with Crippen LogP contribution in [0.5, 0.6) is 0 Å². The van der Waals surface area contributed by atoms with Crippen molar-refractivity contribution < 1.29 is 4.79 Å². The van der Waals surface area contributed by atoms with E-state index in [1.54, 1.807) is 7.05 Å². The number of amides is 1. The van der Waals surface area contributed by atoms with E-state index < -0.39 is 0 Å². The zero-order valence-corrected chi connectivity index (χ0v) is 6.56. The van der Waals surface area contributed by atoms with Crippen LogP contribution in [0.3, 0.4) is 0 Å². The molecular formula is C7H15NO. The Balaban J connectivity index is 3.72. The predicted molar refractivity (Wildman–Crippen MR) is 38.1 cm³/mol. The molecule has 0 aliphatic rings. The zero-order chi connectivity index (χ0) is 7.44. The van der Waals surface area contributed by atoms with Gasteiger partial charge in [0.15, 0.2) is 0 Å². The van der Waals surface area contributed by atoms with Gasteiger partial charge in [0.2, 0.25) is 5.91 Å². The highest BCUT2D eigenvalue weighted by Crippen LogP contribution is 2.08. The van der Waals surface area contributed by atoms with E-state index in [0.29, 0.717) is 5.92 Å². The third-order valence-corrected chi connectivity index (χ3v) is 1.66. The van der Waals surface area contributed by atoms with Crippen molar-refractivity contribution in [1.29, 1.82) is 0 Å². The Morgan fingerprint density at radius 3 is 1.89 bits per heavy atom. The van der Waals surface area contributed by atoms with Crippen LogP contribution in [0.25, 0.3) is 0 Å². The summed E-state index contributed by atoms with van der Waals surface area (Å²) < 4.78 is 0. The highest BCUT2D eigenvalue weighted by molar-refractivity contribution is 5.78. The first-order valence-corrected chi connectivity index (χ1v) is 3.31. The largest absolute Gasteiger partial charge is 0.359 e. The molecule has 0 unspecified atom stereocenters. The van der Waals surface area contributed by atoms with Crippen LogP contribution in [0.15, 0.2) is 0 Å². The summed E-state index contributed by atoms with van der Waals surface area (Å²) in [7, 11) is 1.67. The van der Waals surface area contributed by atoms with Crippen LogP contribution in [-0.2, 0) is 4.79 Å². The number of nitrogens with one attached hydrogen (secondary N) is 1. The molecule has 1 atom stereocenters. The lowest BCUT2D eigenvalue weighted by molar-refractivity contribution is -0.125. The van der Waals surface area contributed by atoms with Gasteiger partial charge in [0.1, 0.15) is 0 Å². The Hall–Kier alpha value is -0.530. The third-order valence-electron chi connectivity index (χ3n) is 1.66. The minimum absolute atomic E-state index is 0.130. The second-order valence-corrected chi connectivity index (χ2v) is 2.65. The molecule has 0 saturated heterocycles. The number of carbonyl (C=O) groups is 1. The van der Waals surface area contributed by atoms with Gasteiger partial charge in [-0.1, -0.05) is 20.8 Å². The van der Waals surface area contributed by atoms with E-state index >= 15 is 0 Å². The Morgan fingerprint density at radius 2 is 1.78 bits per heavy atom. The molecule has 0 fully saturated rings. The van der Waals surface area contributed by atoms with Crippen LogP contribution in [0.2, 0.25) is 0 Å². The Morgan fingerprint density at radius 1 is 1.33 bits per heavy atom. The maximum absolute atomic E-state index is 10.8. The van der Waals surface area contributed by atoms with Crippen molar-refractivity contribution in [1.82, 2.24) is 5.32 Å². The van der Waals surface area contributed by atoms with Gasteiger partial charge in [-0.25, -0.2) is 0 Å². The van der Waals surface area contributed by atoms with Crippen LogP contribution < -0.4 is 5.32 Å². The lowest BCUT2D eigenvalue weighted by Crippen LogP contribution is -2.28. The van der Waals surface area contributed by atoms with Gasteiger partial charge in [0, 0.05) is 13.0 Å². The second kappa shape index (κ2) is 3.49. The molecule has 9 heavy (non-hydrogen) atoms. The van der Waals surface area contributed by atoms with Crippen molar-refractivity contribution in [2.45, 2.75) is 20.8 Å². The lowest BCUT2D eigenvalue weighted by Gasteiger charge is -2.12. The molecule has 0 heterocycles. The van der Waals surface area contributed by atoms with Gasteiger partial charge in [-0.05, 0) is 5.92 Å². The molecule has 0 aromatic carbocycles. The monoisotopic (exact) mass is 129 g/mol. The predicted octanol–water partition coefficient (Wildman–Crippen LogP) is 1.02. The highest BCUT2D eigenvalue weighted by Gasteiger charge is 2.13. The molecule has 2 nitrogen and oxygen atoms in total. The van der Waals surface area contributed by atoms with E-state index in [1.807, 2.05) is 20.8 Å². The summed E-state index contributed by atoms with van der Waals surface area (Å²) in [6.07, 6.45) is 0. The van der Waals surface area contributed by atoms with E-state index in [4.69, 9.17) is 0 Å². The fourth-order valence-electron chi connectivity index (χ4n) is 0.530. The van der Waals surface area contributed by atoms with E-state index in [9.17, 15) is 4.79 Å². The minimum Gasteiger partial charge on any atom is -0.359 e. The Kier molecular flexibility index (Phi) is 3.28. The van der Waals surface area contributed by atoms with Crippen LogP contribution in [0.4, 0.5) is 0 Å². The average Bonchev–Trinajstić information content (AvgIpc) is 1.84. The Labute approximate surface area is 56.6 Å². The Bertz CT molecular complexity index is 99.1. The summed E-state index contributed by atoms with van der Waals surface area (Å²) in [6, 6.07) is 0. The molecule has 1 N–H and O–H groups in total. The molecule has 0 spiro atoms. The van der Waals surface area contributed by atoms with E-state index in [1.165, 1.54) is 0 Å². The summed E-state index contributed by atoms with van der Waals surface area (Å²) in [5.74, 6) is 0.699. The standard InChI is InChI=1S/C7H15NO/c1-5(2)6(3)7(9)8-4/h5-6H,1-4H3,(H,8,9)/t6-/m0/s1. The van der Waals surface area contributed by atoms with Gasteiger partial charge in [-0.3, -0.25) is 4.79 Å². The maximum Gasteiger partial charge on any atom is 0.222 e. The molecule has 0 aliphatic heterocycles. The number of hydrogen-bond donors (Lipinski definition) is 1. The minimum atomic E-state index is 0.130. The third kappa shape index (κ3) is 2.49. The molecule has 0 bridgehead atoms. The summed E-state index contributed by atoms with van der Waals surface area (Å²) in [6.45, 7) is 6.02. The summed E-state index contributed by atoms with van der Waals surface area (Å²) in [5.41, 5.74) is 0. The lowest BCUT2D eigenvalue weighted by atomic mass is 9.98. The maximum atomic E-state index is 10.8. The van der Waals surface area contributed by atoms with Crippen molar-refractivity contribution in [2.24, 2.45) is 11.8 Å².